The van der Waals surface area contributed by atoms with Gasteiger partial charge < -0.3 is 4.42 Å². The fourth-order valence-corrected chi connectivity index (χ4v) is 3.45. The summed E-state index contributed by atoms with van der Waals surface area (Å²) in [6.07, 6.45) is 7.67. The number of rotatable bonds is 7. The van der Waals surface area contributed by atoms with Crippen LogP contribution in [0.4, 0.5) is 0 Å². The van der Waals surface area contributed by atoms with Gasteiger partial charge in [-0.05, 0) is 54.3 Å². The van der Waals surface area contributed by atoms with Gasteiger partial charge in [-0.1, -0.05) is 56.3 Å². The van der Waals surface area contributed by atoms with Gasteiger partial charge in [0, 0.05) is 17.2 Å². The summed E-state index contributed by atoms with van der Waals surface area (Å²) in [5, 5.41) is 4.81. The number of fused-ring (bicyclic) bond motifs is 1. The van der Waals surface area contributed by atoms with Gasteiger partial charge in [0.05, 0.1) is 23.0 Å². The monoisotopic (exact) mass is 423 g/mol. The summed E-state index contributed by atoms with van der Waals surface area (Å²) in [6.45, 7) is 4.40. The van der Waals surface area contributed by atoms with E-state index in [1.54, 1.807) is 18.4 Å². The van der Waals surface area contributed by atoms with E-state index in [0.717, 1.165) is 28.6 Å². The maximum Gasteiger partial charge on any atom is 0.272 e. The normalized spacial score (nSPS) is 12.6. The number of nitrogens with one attached hydrogen (secondary N) is 1. The molecule has 5 heteroatoms. The predicted octanol–water partition coefficient (Wildman–Crippen LogP) is 6.44. The minimum atomic E-state index is -0.288. The SMILES string of the molecule is CCC(C)c1ccc(-c2cc(C(=O)NN=CC=Cc3ccco3)c3ccccc3n2)cc1. The van der Waals surface area contributed by atoms with Gasteiger partial charge in [0.2, 0.25) is 0 Å². The van der Waals surface area contributed by atoms with Crippen molar-refractivity contribution in [2.45, 2.75) is 26.2 Å². The van der Waals surface area contributed by atoms with E-state index >= 15 is 0 Å². The first-order chi connectivity index (χ1) is 15.7. The maximum atomic E-state index is 12.9. The van der Waals surface area contributed by atoms with Crippen LogP contribution in [-0.2, 0) is 0 Å². The fourth-order valence-electron chi connectivity index (χ4n) is 3.45. The lowest BCUT2D eigenvalue weighted by atomic mass is 9.96. The van der Waals surface area contributed by atoms with E-state index in [4.69, 9.17) is 9.40 Å². The summed E-state index contributed by atoms with van der Waals surface area (Å²) in [6, 6.07) is 21.5. The van der Waals surface area contributed by atoms with E-state index in [0.29, 0.717) is 17.2 Å². The molecule has 5 nitrogen and oxygen atoms in total. The summed E-state index contributed by atoms with van der Waals surface area (Å²) in [4.78, 5) is 17.7. The van der Waals surface area contributed by atoms with Crippen LogP contribution in [0.25, 0.3) is 28.2 Å². The Kier molecular flexibility index (Phi) is 6.56. The molecule has 1 N–H and O–H groups in total. The predicted molar refractivity (Wildman–Crippen MR) is 130 cm³/mol. The molecular weight excluding hydrogens is 398 g/mol. The average molecular weight is 424 g/mol. The largest absolute Gasteiger partial charge is 0.465 e. The maximum absolute atomic E-state index is 12.9. The molecule has 0 spiro atoms. The summed E-state index contributed by atoms with van der Waals surface area (Å²) >= 11 is 0. The smallest absolute Gasteiger partial charge is 0.272 e. The molecule has 0 saturated carbocycles. The third kappa shape index (κ3) is 4.83. The van der Waals surface area contributed by atoms with Gasteiger partial charge in [-0.2, -0.15) is 5.10 Å². The molecule has 0 radical (unpaired) electrons. The minimum Gasteiger partial charge on any atom is -0.465 e. The van der Waals surface area contributed by atoms with Gasteiger partial charge in [0.1, 0.15) is 5.76 Å². The van der Waals surface area contributed by atoms with E-state index in [1.165, 1.54) is 11.8 Å². The molecule has 2 aromatic carbocycles. The van der Waals surface area contributed by atoms with Gasteiger partial charge in [-0.15, -0.1) is 0 Å². The summed E-state index contributed by atoms with van der Waals surface area (Å²) in [5.41, 5.74) is 6.93. The van der Waals surface area contributed by atoms with Crippen molar-refractivity contribution < 1.29 is 9.21 Å². The molecule has 0 bridgehead atoms. The van der Waals surface area contributed by atoms with Gasteiger partial charge in [-0.3, -0.25) is 4.79 Å². The van der Waals surface area contributed by atoms with Crippen molar-refractivity contribution in [2.24, 2.45) is 5.10 Å². The number of para-hydroxylation sites is 1. The van der Waals surface area contributed by atoms with Crippen molar-refractivity contribution in [3.8, 4) is 11.3 Å². The van der Waals surface area contributed by atoms with Crippen molar-refractivity contribution in [1.29, 1.82) is 0 Å². The lowest BCUT2D eigenvalue weighted by molar-refractivity contribution is 0.0956. The highest BCUT2D eigenvalue weighted by Gasteiger charge is 2.14. The molecule has 1 unspecified atom stereocenters. The molecule has 32 heavy (non-hydrogen) atoms. The first kappa shape index (κ1) is 21.2. The van der Waals surface area contributed by atoms with Gasteiger partial charge in [-0.25, -0.2) is 10.4 Å². The third-order valence-corrected chi connectivity index (χ3v) is 5.48. The van der Waals surface area contributed by atoms with E-state index in [2.05, 4.69) is 48.6 Å². The van der Waals surface area contributed by atoms with Crippen LogP contribution < -0.4 is 5.43 Å². The number of furan rings is 1. The zero-order valence-corrected chi connectivity index (χ0v) is 18.2. The molecule has 160 valence electrons. The molecule has 2 aromatic heterocycles. The highest BCUT2D eigenvalue weighted by Crippen LogP contribution is 2.27. The Morgan fingerprint density at radius 2 is 1.94 bits per heavy atom. The first-order valence-corrected chi connectivity index (χ1v) is 10.7. The van der Waals surface area contributed by atoms with E-state index in [1.807, 2.05) is 42.5 Å². The van der Waals surface area contributed by atoms with Gasteiger partial charge in [0.15, 0.2) is 0 Å². The Hall–Kier alpha value is -3.99. The Bertz CT molecular complexity index is 1260. The van der Waals surface area contributed by atoms with E-state index in [9.17, 15) is 4.79 Å². The van der Waals surface area contributed by atoms with Crippen molar-refractivity contribution in [3.63, 3.8) is 0 Å². The molecule has 2 heterocycles. The molecule has 4 aromatic rings. The standard InChI is InChI=1S/C27H25N3O2/c1-3-19(2)20-12-14-21(15-13-20)26-18-24(23-10-4-5-11-25(23)29-26)27(31)30-28-16-6-8-22-9-7-17-32-22/h4-19H,3H2,1-2H3,(H,30,31). The number of hydrogen-bond donors (Lipinski definition) is 1. The zero-order valence-electron chi connectivity index (χ0n) is 18.2. The zero-order chi connectivity index (χ0) is 22.3. The Balaban J connectivity index is 1.60. The number of nitrogens with zero attached hydrogens (tertiary/aromatic N) is 2. The summed E-state index contributed by atoms with van der Waals surface area (Å²) in [7, 11) is 0. The Morgan fingerprint density at radius 3 is 2.69 bits per heavy atom. The average Bonchev–Trinajstić information content (AvgIpc) is 3.36. The van der Waals surface area contributed by atoms with Crippen LogP contribution in [0, 0.1) is 0 Å². The molecule has 1 atom stereocenters. The number of benzene rings is 2. The lowest BCUT2D eigenvalue weighted by Gasteiger charge is -2.11. The number of aromatic nitrogens is 1. The van der Waals surface area contributed by atoms with Crippen molar-refractivity contribution >= 4 is 29.1 Å². The Morgan fingerprint density at radius 1 is 1.12 bits per heavy atom. The van der Waals surface area contributed by atoms with Crippen molar-refractivity contribution in [3.05, 3.63) is 96.0 Å². The minimum absolute atomic E-state index is 0.288. The van der Waals surface area contributed by atoms with Crippen LogP contribution in [0.5, 0.6) is 0 Å². The second-order valence-electron chi connectivity index (χ2n) is 7.60. The topological polar surface area (TPSA) is 67.5 Å². The number of hydrazone groups is 1. The van der Waals surface area contributed by atoms with Crippen LogP contribution in [0.2, 0.25) is 0 Å². The fraction of sp³-hybridized carbons (Fsp3) is 0.148. The molecule has 0 fully saturated rings. The molecule has 0 aliphatic carbocycles. The molecule has 0 saturated heterocycles. The number of allylic oxidation sites excluding steroid dienone is 1. The number of amides is 1. The number of hydrogen-bond acceptors (Lipinski definition) is 4. The number of pyridine rings is 1. The molecule has 1 amide bonds. The second-order valence-corrected chi connectivity index (χ2v) is 7.60. The Labute approximate surface area is 187 Å². The molecule has 0 aliphatic heterocycles. The number of carbonyl (C=O) groups excluding carboxylic acids is 1. The van der Waals surface area contributed by atoms with Gasteiger partial charge in [0.25, 0.3) is 5.91 Å². The third-order valence-electron chi connectivity index (χ3n) is 5.48. The molecule has 4 rings (SSSR count). The van der Waals surface area contributed by atoms with E-state index in [-0.39, 0.29) is 5.91 Å². The summed E-state index contributed by atoms with van der Waals surface area (Å²) in [5.74, 6) is 0.935. The van der Waals surface area contributed by atoms with Crippen LogP contribution >= 0.6 is 0 Å². The molecular formula is C27H25N3O2. The number of carbonyl (C=O) groups is 1. The second kappa shape index (κ2) is 9.88. The van der Waals surface area contributed by atoms with Gasteiger partial charge >= 0.3 is 0 Å². The van der Waals surface area contributed by atoms with Crippen LogP contribution in [0.1, 0.15) is 47.9 Å². The van der Waals surface area contributed by atoms with Crippen LogP contribution in [0.3, 0.4) is 0 Å². The van der Waals surface area contributed by atoms with Crippen molar-refractivity contribution in [1.82, 2.24) is 10.4 Å². The highest BCUT2D eigenvalue weighted by molar-refractivity contribution is 6.07. The lowest BCUT2D eigenvalue weighted by Crippen LogP contribution is -2.18. The molecule has 0 aliphatic rings. The van der Waals surface area contributed by atoms with E-state index < -0.39 is 0 Å². The first-order valence-electron chi connectivity index (χ1n) is 10.7. The quantitative estimate of drug-likeness (QED) is 0.275. The highest BCUT2D eigenvalue weighted by atomic mass is 16.3. The summed E-state index contributed by atoms with van der Waals surface area (Å²) < 4.78 is 5.22. The van der Waals surface area contributed by atoms with Crippen LogP contribution in [0.15, 0.2) is 88.6 Å². The van der Waals surface area contributed by atoms with Crippen molar-refractivity contribution in [2.75, 3.05) is 0 Å². The van der Waals surface area contributed by atoms with Crippen LogP contribution in [-0.4, -0.2) is 17.1 Å².